The van der Waals surface area contributed by atoms with E-state index in [2.05, 4.69) is 66.1 Å². The molecule has 3 aromatic rings. The number of ketones is 1. The van der Waals surface area contributed by atoms with Crippen LogP contribution < -0.4 is 21.3 Å². The quantitative estimate of drug-likeness (QED) is 0.107. The minimum atomic E-state index is -1.31. The second-order valence-electron chi connectivity index (χ2n) is 16.1. The molecule has 2 heterocycles. The number of benzene rings is 2. The lowest BCUT2D eigenvalue weighted by molar-refractivity contribution is -0.145. The lowest BCUT2D eigenvalue weighted by Crippen LogP contribution is -2.54. The summed E-state index contributed by atoms with van der Waals surface area (Å²) >= 11 is 0. The Kier molecular flexibility index (Phi) is 11.6. The van der Waals surface area contributed by atoms with Crippen molar-refractivity contribution in [3.8, 4) is 0 Å². The van der Waals surface area contributed by atoms with Gasteiger partial charge in [0.15, 0.2) is 5.78 Å². The Balaban J connectivity index is 1.22. The van der Waals surface area contributed by atoms with Gasteiger partial charge in [0.05, 0.1) is 17.7 Å². The average Bonchev–Trinajstić information content (AvgIpc) is 3.67. The van der Waals surface area contributed by atoms with Crippen molar-refractivity contribution in [2.75, 3.05) is 5.32 Å². The number of aliphatic hydroxyl groups excluding tert-OH is 1. The Morgan fingerprint density at radius 3 is 2.56 bits per heavy atom. The van der Waals surface area contributed by atoms with Gasteiger partial charge in [0, 0.05) is 58.8 Å². The summed E-state index contributed by atoms with van der Waals surface area (Å²) in [6.45, 7) is 12.1. The van der Waals surface area contributed by atoms with E-state index in [0.717, 1.165) is 34.9 Å². The molecule has 286 valence electrons. The molecule has 8 atom stereocenters. The number of H-pyrrole nitrogens is 1. The second-order valence-corrected chi connectivity index (χ2v) is 16.1. The normalized spacial score (nSPS) is 29.0. The van der Waals surface area contributed by atoms with Crippen molar-refractivity contribution >= 4 is 46.2 Å². The summed E-state index contributed by atoms with van der Waals surface area (Å²) in [4.78, 5) is 59.2. The molecule has 2 aromatic carbocycles. The number of Topliss-reactive ketones (excluding diaryl/α,β-unsaturated/α-hetero) is 1. The number of aromatic amines is 1. The van der Waals surface area contributed by atoms with Crippen LogP contribution in [0.3, 0.4) is 0 Å². The first-order chi connectivity index (χ1) is 25.8. The number of aromatic nitrogens is 1. The van der Waals surface area contributed by atoms with E-state index in [1.165, 1.54) is 5.57 Å². The smallest absolute Gasteiger partial charge is 0.254 e. The minimum absolute atomic E-state index is 0.00990. The number of aliphatic hydroxyl groups is 1. The highest BCUT2D eigenvalue weighted by Crippen LogP contribution is 2.55. The fourth-order valence-electron chi connectivity index (χ4n) is 8.95. The first-order valence-corrected chi connectivity index (χ1v) is 19.4. The summed E-state index contributed by atoms with van der Waals surface area (Å²) in [6, 6.07) is 13.0. The van der Waals surface area contributed by atoms with Gasteiger partial charge < -0.3 is 31.4 Å². The van der Waals surface area contributed by atoms with Gasteiger partial charge in [-0.25, -0.2) is 0 Å². The molecule has 0 saturated carbocycles. The van der Waals surface area contributed by atoms with Crippen LogP contribution in [-0.2, 0) is 14.4 Å². The van der Waals surface area contributed by atoms with Crippen LogP contribution >= 0.6 is 0 Å². The van der Waals surface area contributed by atoms with Gasteiger partial charge in [0.1, 0.15) is 11.5 Å². The highest BCUT2D eigenvalue weighted by Gasteiger charge is 2.65. The summed E-state index contributed by atoms with van der Waals surface area (Å²) in [5, 5.41) is 24.9. The first kappa shape index (κ1) is 38.8. The molecule has 6 rings (SSSR count). The lowest BCUT2D eigenvalue weighted by atomic mass is 9.54. The van der Waals surface area contributed by atoms with E-state index in [9.17, 15) is 24.3 Å². The maximum absolute atomic E-state index is 15.0. The molecule has 1 fully saturated rings. The molecule has 1 aromatic heterocycles. The fourth-order valence-corrected chi connectivity index (χ4v) is 8.95. The van der Waals surface area contributed by atoms with Crippen LogP contribution in [-0.4, -0.2) is 57.8 Å². The predicted molar refractivity (Wildman–Crippen MR) is 213 cm³/mol. The number of carbonyl (C=O) groups is 4. The van der Waals surface area contributed by atoms with Gasteiger partial charge in [-0.15, -0.1) is 0 Å². The van der Waals surface area contributed by atoms with E-state index < -0.39 is 41.3 Å². The van der Waals surface area contributed by atoms with Gasteiger partial charge in [-0.05, 0) is 82.6 Å². The Morgan fingerprint density at radius 1 is 1.04 bits per heavy atom. The highest BCUT2D eigenvalue weighted by molar-refractivity contribution is 6.10. The Morgan fingerprint density at radius 2 is 1.78 bits per heavy atom. The number of carbonyl (C=O) groups excluding carboxylic acids is 4. The first-order valence-electron chi connectivity index (χ1n) is 19.4. The SMILES string of the molecule is CC1=C[C@@H]2/C=C(\C)CCCC(O)C(Nc3ccccc3C(=O)N[C@H](C)C(=O)N/C=C/c3c[nH]c4ccccc34)CC(=O)[C@]23C(=O)N[C@@H](CC(C)C)[C@@H]3[C@@H]1C. The van der Waals surface area contributed by atoms with Crippen molar-refractivity contribution in [1.29, 1.82) is 0 Å². The van der Waals surface area contributed by atoms with Crippen molar-refractivity contribution in [2.45, 2.75) is 97.9 Å². The fraction of sp³-hybridized carbons (Fsp3) is 0.455. The molecular formula is C44H55N5O5. The summed E-state index contributed by atoms with van der Waals surface area (Å²) in [7, 11) is 0. The maximum atomic E-state index is 15.0. The van der Waals surface area contributed by atoms with Crippen LogP contribution in [0.5, 0.6) is 0 Å². The van der Waals surface area contributed by atoms with Gasteiger partial charge in [0.2, 0.25) is 11.8 Å². The van der Waals surface area contributed by atoms with Gasteiger partial charge in [-0.2, -0.15) is 0 Å². The van der Waals surface area contributed by atoms with Gasteiger partial charge in [-0.1, -0.05) is 74.4 Å². The molecule has 10 nitrogen and oxygen atoms in total. The molecule has 6 N–H and O–H groups in total. The van der Waals surface area contributed by atoms with Gasteiger partial charge in [-0.3, -0.25) is 19.2 Å². The van der Waals surface area contributed by atoms with E-state index in [-0.39, 0.29) is 41.6 Å². The zero-order valence-electron chi connectivity index (χ0n) is 32.2. The number of hydrogen-bond donors (Lipinski definition) is 6. The largest absolute Gasteiger partial charge is 0.391 e. The number of hydrogen-bond acceptors (Lipinski definition) is 6. The van der Waals surface area contributed by atoms with Crippen molar-refractivity contribution in [3.63, 3.8) is 0 Å². The van der Waals surface area contributed by atoms with Gasteiger partial charge >= 0.3 is 0 Å². The predicted octanol–water partition coefficient (Wildman–Crippen LogP) is 6.66. The Bertz CT molecular complexity index is 1990. The number of para-hydroxylation sites is 2. The molecule has 2 aliphatic carbocycles. The lowest BCUT2D eigenvalue weighted by Gasteiger charge is -2.45. The number of anilines is 1. The third-order valence-corrected chi connectivity index (χ3v) is 11.8. The molecule has 1 aliphatic heterocycles. The molecule has 10 heteroatoms. The molecule has 0 bridgehead atoms. The zero-order chi connectivity index (χ0) is 38.7. The molecule has 3 amide bonds. The van der Waals surface area contributed by atoms with E-state index in [1.807, 2.05) is 37.4 Å². The van der Waals surface area contributed by atoms with Crippen molar-refractivity contribution in [3.05, 3.63) is 95.4 Å². The molecule has 0 radical (unpaired) electrons. The second kappa shape index (κ2) is 16.2. The molecule has 3 aliphatic rings. The Hall–Kier alpha value is -4.96. The van der Waals surface area contributed by atoms with Crippen LogP contribution in [0.2, 0.25) is 0 Å². The van der Waals surface area contributed by atoms with Crippen molar-refractivity contribution < 1.29 is 24.3 Å². The molecule has 1 saturated heterocycles. The summed E-state index contributed by atoms with van der Waals surface area (Å²) in [5.74, 6) is -1.61. The zero-order valence-corrected chi connectivity index (χ0v) is 32.2. The van der Waals surface area contributed by atoms with Crippen LogP contribution in [0.4, 0.5) is 5.69 Å². The summed E-state index contributed by atoms with van der Waals surface area (Å²) < 4.78 is 0. The van der Waals surface area contributed by atoms with Crippen LogP contribution in [0.15, 0.2) is 84.2 Å². The number of amides is 3. The monoisotopic (exact) mass is 733 g/mol. The summed E-state index contributed by atoms with van der Waals surface area (Å²) in [6.07, 6.45) is 11.1. The molecule has 1 spiro atoms. The standard InChI is InChI=1S/C44H55N5O5/c1-25(2)20-37-40-28(5)27(4)22-31-21-26(3)12-11-17-38(50)36(23-39(51)44(31,40)43(54)49-37)48-35-16-10-8-14-33(35)42(53)47-29(6)41(52)45-19-18-30-24-46-34-15-9-7-13-32(30)34/h7-10,13-16,18-19,21-22,24-25,28-29,31,36-38,40,46,48,50H,11-12,17,20,23H2,1-6H3,(H,45,52)(H,47,53)(H,49,54)/b19-18+,26-21+/t28-,29-,31+,36?,37+,38?,40+,44-/m1/s1. The van der Waals surface area contributed by atoms with E-state index in [0.29, 0.717) is 24.4 Å². The average molecular weight is 734 g/mol. The van der Waals surface area contributed by atoms with Crippen LogP contribution in [0.25, 0.3) is 17.0 Å². The number of allylic oxidation sites excluding steroid dienone is 4. The topological polar surface area (TPSA) is 152 Å². The summed E-state index contributed by atoms with van der Waals surface area (Å²) in [5.41, 5.74) is 3.57. The van der Waals surface area contributed by atoms with Crippen molar-refractivity contribution in [1.82, 2.24) is 20.9 Å². The van der Waals surface area contributed by atoms with E-state index >= 15 is 0 Å². The minimum Gasteiger partial charge on any atom is -0.391 e. The molecule has 54 heavy (non-hydrogen) atoms. The van der Waals surface area contributed by atoms with Crippen molar-refractivity contribution in [2.24, 2.45) is 29.1 Å². The highest BCUT2D eigenvalue weighted by atomic mass is 16.3. The number of rotatable bonds is 9. The van der Waals surface area contributed by atoms with Gasteiger partial charge in [0.25, 0.3) is 5.91 Å². The number of fused-ring (bicyclic) bond motifs is 1. The van der Waals surface area contributed by atoms with E-state index in [1.54, 1.807) is 43.5 Å². The third kappa shape index (κ3) is 7.67. The van der Waals surface area contributed by atoms with Crippen LogP contribution in [0, 0.1) is 29.1 Å². The Labute approximate surface area is 318 Å². The maximum Gasteiger partial charge on any atom is 0.254 e. The molecular weight excluding hydrogens is 679 g/mol. The number of nitrogens with one attached hydrogen (secondary N) is 5. The molecule has 2 unspecified atom stereocenters. The van der Waals surface area contributed by atoms with E-state index in [4.69, 9.17) is 0 Å². The third-order valence-electron chi connectivity index (χ3n) is 11.8. The van der Waals surface area contributed by atoms with Crippen LogP contribution in [0.1, 0.15) is 89.6 Å².